The van der Waals surface area contributed by atoms with Crippen LogP contribution in [0.3, 0.4) is 0 Å². The smallest absolute Gasteiger partial charge is 0.306 e. The second kappa shape index (κ2) is 6.73. The quantitative estimate of drug-likeness (QED) is 0.934. The molecule has 120 valence electrons. The first-order valence-corrected chi connectivity index (χ1v) is 7.93. The number of nitrogens with zero attached hydrogens (tertiary/aromatic N) is 4. The second-order valence-electron chi connectivity index (χ2n) is 5.74. The fourth-order valence-corrected chi connectivity index (χ4v) is 2.81. The van der Waals surface area contributed by atoms with Gasteiger partial charge in [-0.25, -0.2) is 9.97 Å². The number of hydrogen-bond donors (Lipinski definition) is 1. The predicted molar refractivity (Wildman–Crippen MR) is 87.2 cm³/mol. The summed E-state index contributed by atoms with van der Waals surface area (Å²) in [5.41, 5.74) is 1.87. The van der Waals surface area contributed by atoms with Gasteiger partial charge in [-0.2, -0.15) is 0 Å². The number of piperidine rings is 1. The van der Waals surface area contributed by atoms with Gasteiger partial charge in [-0.1, -0.05) is 6.92 Å². The minimum Gasteiger partial charge on any atom is -0.481 e. The molecule has 23 heavy (non-hydrogen) atoms. The zero-order valence-corrected chi connectivity index (χ0v) is 13.1. The molecule has 0 aromatic carbocycles. The first-order chi connectivity index (χ1) is 11.2. The van der Waals surface area contributed by atoms with Crippen LogP contribution in [0, 0.1) is 5.92 Å². The van der Waals surface area contributed by atoms with Gasteiger partial charge in [0.15, 0.2) is 5.82 Å². The Bertz CT molecular complexity index is 682. The largest absolute Gasteiger partial charge is 0.481 e. The Morgan fingerprint density at radius 2 is 2.13 bits per heavy atom. The van der Waals surface area contributed by atoms with Crippen LogP contribution in [0.4, 0.5) is 5.82 Å². The summed E-state index contributed by atoms with van der Waals surface area (Å²) in [5, 5.41) is 9.12. The van der Waals surface area contributed by atoms with E-state index in [1.165, 1.54) is 0 Å². The summed E-state index contributed by atoms with van der Waals surface area (Å²) in [6, 6.07) is 5.82. The molecule has 0 amide bonds. The molecule has 2 aromatic rings. The third kappa shape index (κ3) is 3.47. The van der Waals surface area contributed by atoms with Gasteiger partial charge in [0.25, 0.3) is 0 Å². The highest BCUT2D eigenvalue weighted by molar-refractivity contribution is 5.70. The number of carboxylic acids is 1. The van der Waals surface area contributed by atoms with Crippen molar-refractivity contribution in [3.05, 3.63) is 36.3 Å². The third-order valence-electron chi connectivity index (χ3n) is 4.22. The lowest BCUT2D eigenvalue weighted by molar-refractivity contribution is -0.142. The van der Waals surface area contributed by atoms with Crippen LogP contribution < -0.4 is 4.90 Å². The summed E-state index contributed by atoms with van der Waals surface area (Å²) in [4.78, 5) is 26.6. The SMILES string of the molecule is CCc1cc(N2CCC(C(=O)O)CC2)nc(-c2cccnc2)n1. The van der Waals surface area contributed by atoms with Crippen molar-refractivity contribution in [2.24, 2.45) is 5.92 Å². The number of pyridine rings is 1. The summed E-state index contributed by atoms with van der Waals surface area (Å²) in [7, 11) is 0. The molecule has 1 fully saturated rings. The molecular formula is C17H20N4O2. The van der Waals surface area contributed by atoms with E-state index in [0.717, 1.165) is 23.5 Å². The lowest BCUT2D eigenvalue weighted by atomic mass is 9.97. The molecule has 6 heteroatoms. The molecule has 1 N–H and O–H groups in total. The number of anilines is 1. The van der Waals surface area contributed by atoms with Crippen LogP contribution in [-0.2, 0) is 11.2 Å². The molecule has 2 aromatic heterocycles. The molecular weight excluding hydrogens is 292 g/mol. The highest BCUT2D eigenvalue weighted by Gasteiger charge is 2.25. The summed E-state index contributed by atoms with van der Waals surface area (Å²) < 4.78 is 0. The molecule has 1 saturated heterocycles. The van der Waals surface area contributed by atoms with E-state index in [2.05, 4.69) is 26.8 Å². The van der Waals surface area contributed by atoms with Crippen LogP contribution in [0.2, 0.25) is 0 Å². The van der Waals surface area contributed by atoms with E-state index in [1.54, 1.807) is 12.4 Å². The summed E-state index contributed by atoms with van der Waals surface area (Å²) in [6.45, 7) is 3.49. The lowest BCUT2D eigenvalue weighted by Gasteiger charge is -2.31. The Balaban J connectivity index is 1.87. The van der Waals surface area contributed by atoms with E-state index < -0.39 is 5.97 Å². The fourth-order valence-electron chi connectivity index (χ4n) is 2.81. The molecule has 0 aliphatic carbocycles. The average Bonchev–Trinajstić information content (AvgIpc) is 2.62. The van der Waals surface area contributed by atoms with E-state index in [0.29, 0.717) is 31.8 Å². The summed E-state index contributed by atoms with van der Waals surface area (Å²) >= 11 is 0. The third-order valence-corrected chi connectivity index (χ3v) is 4.22. The number of aromatic nitrogens is 3. The van der Waals surface area contributed by atoms with Crippen LogP contribution in [-0.4, -0.2) is 39.1 Å². The van der Waals surface area contributed by atoms with E-state index in [1.807, 2.05) is 18.2 Å². The van der Waals surface area contributed by atoms with Crippen molar-refractivity contribution >= 4 is 11.8 Å². The first kappa shape index (κ1) is 15.4. The normalized spacial score (nSPS) is 15.6. The fraction of sp³-hybridized carbons (Fsp3) is 0.412. The van der Waals surface area contributed by atoms with Gasteiger partial charge in [-0.3, -0.25) is 9.78 Å². The zero-order valence-electron chi connectivity index (χ0n) is 13.1. The summed E-state index contributed by atoms with van der Waals surface area (Å²) in [5.74, 6) is 0.613. The molecule has 3 heterocycles. The van der Waals surface area contributed by atoms with Crippen molar-refractivity contribution in [3.63, 3.8) is 0 Å². The Hall–Kier alpha value is -2.50. The monoisotopic (exact) mass is 312 g/mol. The van der Waals surface area contributed by atoms with Gasteiger partial charge in [0.2, 0.25) is 0 Å². The van der Waals surface area contributed by atoms with Crippen molar-refractivity contribution in [2.45, 2.75) is 26.2 Å². The molecule has 0 radical (unpaired) electrons. The van der Waals surface area contributed by atoms with Crippen molar-refractivity contribution < 1.29 is 9.90 Å². The maximum absolute atomic E-state index is 11.1. The molecule has 1 aliphatic heterocycles. The van der Waals surface area contributed by atoms with Crippen molar-refractivity contribution in [3.8, 4) is 11.4 Å². The molecule has 0 bridgehead atoms. The van der Waals surface area contributed by atoms with Gasteiger partial charge in [-0.15, -0.1) is 0 Å². The van der Waals surface area contributed by atoms with Gasteiger partial charge in [0.1, 0.15) is 5.82 Å². The van der Waals surface area contributed by atoms with E-state index in [4.69, 9.17) is 5.11 Å². The van der Waals surface area contributed by atoms with Gasteiger partial charge in [-0.05, 0) is 31.4 Å². The van der Waals surface area contributed by atoms with Gasteiger partial charge < -0.3 is 10.0 Å². The Labute approximate surface area is 135 Å². The Kier molecular flexibility index (Phi) is 4.50. The Morgan fingerprint density at radius 1 is 1.35 bits per heavy atom. The average molecular weight is 312 g/mol. The number of rotatable bonds is 4. The maximum atomic E-state index is 11.1. The van der Waals surface area contributed by atoms with E-state index in [-0.39, 0.29) is 5.92 Å². The molecule has 0 unspecified atom stereocenters. The number of aryl methyl sites for hydroxylation is 1. The second-order valence-corrected chi connectivity index (χ2v) is 5.74. The lowest BCUT2D eigenvalue weighted by Crippen LogP contribution is -2.37. The number of carbonyl (C=O) groups is 1. The van der Waals surface area contributed by atoms with Crippen LogP contribution in [0.15, 0.2) is 30.6 Å². The van der Waals surface area contributed by atoms with E-state index in [9.17, 15) is 4.79 Å². The first-order valence-electron chi connectivity index (χ1n) is 7.93. The van der Waals surface area contributed by atoms with Gasteiger partial charge in [0.05, 0.1) is 5.92 Å². The van der Waals surface area contributed by atoms with Gasteiger partial charge in [0, 0.05) is 42.8 Å². The molecule has 3 rings (SSSR count). The molecule has 0 atom stereocenters. The van der Waals surface area contributed by atoms with Crippen molar-refractivity contribution in [1.29, 1.82) is 0 Å². The van der Waals surface area contributed by atoms with E-state index >= 15 is 0 Å². The maximum Gasteiger partial charge on any atom is 0.306 e. The zero-order chi connectivity index (χ0) is 16.2. The molecule has 1 aliphatic rings. The van der Waals surface area contributed by atoms with Crippen LogP contribution in [0.25, 0.3) is 11.4 Å². The minimum atomic E-state index is -0.697. The Morgan fingerprint density at radius 3 is 2.74 bits per heavy atom. The van der Waals surface area contributed by atoms with Crippen molar-refractivity contribution in [2.75, 3.05) is 18.0 Å². The summed E-state index contributed by atoms with van der Waals surface area (Å²) in [6.07, 6.45) is 5.63. The van der Waals surface area contributed by atoms with Crippen LogP contribution in [0.5, 0.6) is 0 Å². The molecule has 6 nitrogen and oxygen atoms in total. The minimum absolute atomic E-state index is 0.239. The standard InChI is InChI=1S/C17H20N4O2/c1-2-14-10-15(21-8-5-12(6-9-21)17(22)23)20-16(19-14)13-4-3-7-18-11-13/h3-4,7,10-12H,2,5-6,8-9H2,1H3,(H,22,23). The number of hydrogen-bond acceptors (Lipinski definition) is 5. The molecule has 0 saturated carbocycles. The number of carboxylic acid groups (broad SMARTS) is 1. The predicted octanol–water partition coefficient (Wildman–Crippen LogP) is 2.40. The van der Waals surface area contributed by atoms with Crippen LogP contribution >= 0.6 is 0 Å². The molecule has 0 spiro atoms. The topological polar surface area (TPSA) is 79.2 Å². The van der Waals surface area contributed by atoms with Gasteiger partial charge >= 0.3 is 5.97 Å². The van der Waals surface area contributed by atoms with Crippen LogP contribution in [0.1, 0.15) is 25.5 Å². The highest BCUT2D eigenvalue weighted by Crippen LogP contribution is 2.25. The van der Waals surface area contributed by atoms with Crippen molar-refractivity contribution in [1.82, 2.24) is 15.0 Å². The highest BCUT2D eigenvalue weighted by atomic mass is 16.4. The number of aliphatic carboxylic acids is 1.